The number of allylic oxidation sites excluding steroid dienone is 22. The van der Waals surface area contributed by atoms with Gasteiger partial charge in [-0.2, -0.15) is 0 Å². The third-order valence-corrected chi connectivity index (χ3v) is 9.89. The summed E-state index contributed by atoms with van der Waals surface area (Å²) in [6.07, 6.45) is 61.9. The molecule has 0 fully saturated rings. The van der Waals surface area contributed by atoms with Crippen LogP contribution in [0.1, 0.15) is 142 Å². The van der Waals surface area contributed by atoms with Crippen LogP contribution in [0, 0.1) is 0 Å². The molecule has 0 rings (SSSR count). The molecule has 0 radical (unpaired) electrons. The minimum absolute atomic E-state index is 0.102. The number of carbonyl (C=O) groups excluding carboxylic acids is 2. The molecule has 0 saturated heterocycles. The van der Waals surface area contributed by atoms with Crippen molar-refractivity contribution in [3.05, 3.63) is 134 Å². The average Bonchev–Trinajstić information content (AvgIpc) is 3.27. The Morgan fingerprint density at radius 2 is 0.875 bits per heavy atom. The largest absolute Gasteiger partial charge is 0.480 e. The molecule has 0 aliphatic heterocycles. The normalized spacial score (nSPS) is 14.8. The number of unbranched alkanes of at least 4 members (excludes halogenated alkanes) is 5. The zero-order valence-electron chi connectivity index (χ0n) is 38.8. The predicted molar refractivity (Wildman–Crippen MR) is 262 cm³/mol. The van der Waals surface area contributed by atoms with Crippen LogP contribution in [-0.2, 0) is 32.7 Å². The standard InChI is InChI=1S/C52H80NO10P/c1-3-5-7-9-11-13-15-17-19-21-22-23-24-25-26-28-29-31-33-35-37-39-41-43-50(55)53-49(52(57)58)47-63-64(59,60)62-46-48(54)45-61-51(56)44-42-40-38-36-34-32-30-27-20-18-16-14-12-10-8-6-4-2/h5-8,11-14,17-20,22-23,25-26,29-32,36,38,48-49,54H,3-4,9-10,15-16,21,24,27-28,33-35,37,39-47H2,1-2H3,(H,53,55)(H,57,58)(H,59,60)/b7-5-,8-6-,13-11-,14-12-,19-17-,20-18-,23-22-,26-25-,31-29-,32-30-,38-36-. The van der Waals surface area contributed by atoms with Crippen molar-refractivity contribution in [3.8, 4) is 0 Å². The van der Waals surface area contributed by atoms with Crippen LogP contribution >= 0.6 is 7.82 Å². The van der Waals surface area contributed by atoms with E-state index in [1.807, 2.05) is 12.2 Å². The van der Waals surface area contributed by atoms with Crippen LogP contribution in [0.5, 0.6) is 0 Å². The average molecular weight is 910 g/mol. The minimum Gasteiger partial charge on any atom is -0.480 e. The number of hydrogen-bond donors (Lipinski definition) is 4. The molecule has 11 nitrogen and oxygen atoms in total. The van der Waals surface area contributed by atoms with Crippen molar-refractivity contribution in [2.24, 2.45) is 0 Å². The highest BCUT2D eigenvalue weighted by atomic mass is 31.2. The van der Waals surface area contributed by atoms with Crippen molar-refractivity contribution in [1.29, 1.82) is 0 Å². The van der Waals surface area contributed by atoms with Crippen molar-refractivity contribution >= 4 is 25.7 Å². The number of aliphatic carboxylic acids is 1. The van der Waals surface area contributed by atoms with E-state index in [9.17, 15) is 34.1 Å². The van der Waals surface area contributed by atoms with Gasteiger partial charge in [-0.15, -0.1) is 0 Å². The third kappa shape index (κ3) is 44.2. The number of amides is 1. The maximum atomic E-state index is 12.3. The zero-order chi connectivity index (χ0) is 47.0. The number of carboxylic acids is 1. The predicted octanol–water partition coefficient (Wildman–Crippen LogP) is 12.6. The van der Waals surface area contributed by atoms with Crippen LogP contribution < -0.4 is 5.32 Å². The molecule has 0 saturated carbocycles. The fourth-order valence-electron chi connectivity index (χ4n) is 5.41. The number of nitrogens with one attached hydrogen (secondary N) is 1. The van der Waals surface area contributed by atoms with Gasteiger partial charge in [-0.05, 0) is 103 Å². The summed E-state index contributed by atoms with van der Waals surface area (Å²) in [6.45, 7) is 2.27. The molecule has 0 aliphatic carbocycles. The van der Waals surface area contributed by atoms with Gasteiger partial charge in [0.2, 0.25) is 5.91 Å². The molecule has 12 heteroatoms. The molecule has 3 unspecified atom stereocenters. The quantitative estimate of drug-likeness (QED) is 0.0200. The van der Waals surface area contributed by atoms with Gasteiger partial charge in [0.1, 0.15) is 12.7 Å². The topological polar surface area (TPSA) is 169 Å². The summed E-state index contributed by atoms with van der Waals surface area (Å²) in [5.74, 6) is -2.49. The minimum atomic E-state index is -4.79. The van der Waals surface area contributed by atoms with Crippen molar-refractivity contribution in [2.45, 2.75) is 154 Å². The van der Waals surface area contributed by atoms with Crippen LogP contribution in [0.15, 0.2) is 134 Å². The molecule has 0 aromatic rings. The van der Waals surface area contributed by atoms with Gasteiger partial charge in [0.05, 0.1) is 13.2 Å². The number of phosphoric ester groups is 1. The first kappa shape index (κ1) is 59.6. The van der Waals surface area contributed by atoms with E-state index in [-0.39, 0.29) is 12.8 Å². The Morgan fingerprint density at radius 3 is 1.30 bits per heavy atom. The van der Waals surface area contributed by atoms with E-state index in [2.05, 4.69) is 141 Å². The Morgan fingerprint density at radius 1 is 0.500 bits per heavy atom. The van der Waals surface area contributed by atoms with E-state index < -0.39 is 57.6 Å². The van der Waals surface area contributed by atoms with Crippen LogP contribution in [0.3, 0.4) is 0 Å². The lowest BCUT2D eigenvalue weighted by Gasteiger charge is -2.18. The molecule has 4 N–H and O–H groups in total. The van der Waals surface area contributed by atoms with Gasteiger partial charge < -0.3 is 25.2 Å². The summed E-state index contributed by atoms with van der Waals surface area (Å²) in [6, 6.07) is -1.58. The second-order valence-electron chi connectivity index (χ2n) is 14.8. The molecule has 3 atom stereocenters. The number of rotatable bonds is 41. The lowest BCUT2D eigenvalue weighted by Crippen LogP contribution is -2.43. The van der Waals surface area contributed by atoms with E-state index in [1.54, 1.807) is 0 Å². The monoisotopic (exact) mass is 910 g/mol. The number of esters is 1. The number of carboxylic acid groups (broad SMARTS) is 1. The first-order chi connectivity index (χ1) is 31.1. The number of ether oxygens (including phenoxy) is 1. The Bertz CT molecular complexity index is 1580. The molecule has 358 valence electrons. The first-order valence-electron chi connectivity index (χ1n) is 23.2. The second-order valence-corrected chi connectivity index (χ2v) is 16.3. The number of carbonyl (C=O) groups is 3. The lowest BCUT2D eigenvalue weighted by molar-refractivity contribution is -0.147. The van der Waals surface area contributed by atoms with Gasteiger partial charge in [0.25, 0.3) is 0 Å². The summed E-state index contributed by atoms with van der Waals surface area (Å²) in [7, 11) is -4.79. The van der Waals surface area contributed by atoms with Crippen LogP contribution in [-0.4, -0.2) is 64.9 Å². The molecule has 1 amide bonds. The molecule has 64 heavy (non-hydrogen) atoms. The van der Waals surface area contributed by atoms with E-state index >= 15 is 0 Å². The second kappa shape index (κ2) is 45.2. The number of phosphoric acid groups is 1. The SMILES string of the molecule is CC/C=C\C/C=C\C/C=C\C/C=C\C/C=C\C/C=C\CCCCCCC(=O)NC(COP(=O)(O)OCC(O)COC(=O)CCC/C=C\C/C=C\C/C=C\C/C=C\C/C=C\CC)C(=O)O. The molecule has 0 aromatic heterocycles. The molecular formula is C52H80NO10P. The van der Waals surface area contributed by atoms with Crippen molar-refractivity contribution in [2.75, 3.05) is 19.8 Å². The highest BCUT2D eigenvalue weighted by molar-refractivity contribution is 7.47. The van der Waals surface area contributed by atoms with E-state index in [0.29, 0.717) is 19.3 Å². The zero-order valence-corrected chi connectivity index (χ0v) is 39.7. The Kier molecular flexibility index (Phi) is 42.1. The fraction of sp³-hybridized carbons (Fsp3) is 0.519. The van der Waals surface area contributed by atoms with Crippen molar-refractivity contribution in [3.63, 3.8) is 0 Å². The molecular weight excluding hydrogens is 830 g/mol. The highest BCUT2D eigenvalue weighted by Crippen LogP contribution is 2.43. The first-order valence-corrected chi connectivity index (χ1v) is 24.7. The van der Waals surface area contributed by atoms with Crippen LogP contribution in [0.4, 0.5) is 0 Å². The maximum absolute atomic E-state index is 12.3. The molecule has 0 heterocycles. The Balaban J connectivity index is 4.04. The van der Waals surface area contributed by atoms with E-state index in [1.165, 1.54) is 0 Å². The van der Waals surface area contributed by atoms with Gasteiger partial charge in [-0.25, -0.2) is 9.36 Å². The van der Waals surface area contributed by atoms with Gasteiger partial charge >= 0.3 is 19.8 Å². The summed E-state index contributed by atoms with van der Waals surface area (Å²) < 4.78 is 26.8. The number of aliphatic hydroxyl groups excluding tert-OH is 1. The smallest absolute Gasteiger partial charge is 0.472 e. The summed E-state index contributed by atoms with van der Waals surface area (Å²) >= 11 is 0. The molecule has 0 bridgehead atoms. The highest BCUT2D eigenvalue weighted by Gasteiger charge is 2.28. The third-order valence-electron chi connectivity index (χ3n) is 8.93. The van der Waals surface area contributed by atoms with Gasteiger partial charge in [-0.1, -0.05) is 160 Å². The summed E-state index contributed by atoms with van der Waals surface area (Å²) in [4.78, 5) is 46.0. The van der Waals surface area contributed by atoms with Crippen LogP contribution in [0.25, 0.3) is 0 Å². The van der Waals surface area contributed by atoms with Gasteiger partial charge in [0, 0.05) is 12.8 Å². The Hall–Kier alpha value is -4.38. The van der Waals surface area contributed by atoms with E-state index in [4.69, 9.17) is 13.8 Å². The van der Waals surface area contributed by atoms with E-state index in [0.717, 1.165) is 96.3 Å². The maximum Gasteiger partial charge on any atom is 0.472 e. The lowest BCUT2D eigenvalue weighted by atomic mass is 10.1. The Labute approximate surface area is 385 Å². The molecule has 0 spiro atoms. The van der Waals surface area contributed by atoms with Gasteiger partial charge in [-0.3, -0.25) is 18.6 Å². The number of hydrogen-bond acceptors (Lipinski definition) is 8. The van der Waals surface area contributed by atoms with Gasteiger partial charge in [0.15, 0.2) is 6.04 Å². The summed E-state index contributed by atoms with van der Waals surface area (Å²) in [5, 5.41) is 21.8. The summed E-state index contributed by atoms with van der Waals surface area (Å²) in [5.41, 5.74) is 0. The van der Waals surface area contributed by atoms with Crippen molar-refractivity contribution < 1.29 is 47.8 Å². The fourth-order valence-corrected chi connectivity index (χ4v) is 6.18. The molecule has 0 aliphatic rings. The van der Waals surface area contributed by atoms with Crippen LogP contribution in [0.2, 0.25) is 0 Å². The molecule has 0 aromatic carbocycles. The number of aliphatic hydroxyl groups is 1. The van der Waals surface area contributed by atoms with Crippen molar-refractivity contribution in [1.82, 2.24) is 5.32 Å².